The van der Waals surface area contributed by atoms with E-state index in [1.165, 1.54) is 12.8 Å². The van der Waals surface area contributed by atoms with Crippen LogP contribution in [0.1, 0.15) is 40.5 Å². The van der Waals surface area contributed by atoms with E-state index in [4.69, 9.17) is 5.73 Å². The molecule has 0 spiro atoms. The molecule has 1 aliphatic rings. The number of aliphatic imine (C=N–C) groups is 1. The second-order valence-corrected chi connectivity index (χ2v) is 8.40. The number of nitrogens with zero attached hydrogens (tertiary/aromatic N) is 2. The summed E-state index contributed by atoms with van der Waals surface area (Å²) in [7, 11) is -0.846. The first-order valence-electron chi connectivity index (χ1n) is 6.74. The molecule has 0 bridgehead atoms. The fraction of sp³-hybridized carbons (Fsp3) is 0.923. The smallest absolute Gasteiger partial charge is 0.191 e. The second-order valence-electron chi connectivity index (χ2n) is 6.07. The lowest BCUT2D eigenvalue weighted by Gasteiger charge is -2.31. The lowest BCUT2D eigenvalue weighted by Crippen LogP contribution is -2.42. The third kappa shape index (κ3) is 4.96. The Morgan fingerprint density at radius 3 is 2.44 bits per heavy atom. The van der Waals surface area contributed by atoms with E-state index < -0.39 is 10.8 Å². The fourth-order valence-corrected chi connectivity index (χ4v) is 2.76. The van der Waals surface area contributed by atoms with Crippen molar-refractivity contribution in [2.75, 3.05) is 25.4 Å². The maximum absolute atomic E-state index is 11.9. The minimum atomic E-state index is -0.846. The molecule has 0 aliphatic carbocycles. The molecular weight excluding hydrogens is 246 g/mol. The van der Waals surface area contributed by atoms with Gasteiger partial charge in [-0.2, -0.15) is 0 Å². The molecular formula is C13H27N3OS. The summed E-state index contributed by atoms with van der Waals surface area (Å²) in [6.45, 7) is 10.8. The van der Waals surface area contributed by atoms with Gasteiger partial charge in [0, 0.05) is 34.4 Å². The Balaban J connectivity index is 2.36. The first-order chi connectivity index (χ1) is 8.30. The highest BCUT2D eigenvalue weighted by atomic mass is 32.2. The highest BCUT2D eigenvalue weighted by Crippen LogP contribution is 2.15. The Hall–Kier alpha value is -0.580. The Morgan fingerprint density at radius 2 is 1.94 bits per heavy atom. The third-order valence-corrected chi connectivity index (χ3v) is 5.26. The predicted octanol–water partition coefficient (Wildman–Crippen LogP) is 1.58. The van der Waals surface area contributed by atoms with Crippen LogP contribution in [-0.4, -0.2) is 45.2 Å². The molecule has 1 unspecified atom stereocenters. The molecule has 2 N–H and O–H groups in total. The van der Waals surface area contributed by atoms with Crippen LogP contribution in [0.3, 0.4) is 0 Å². The second kappa shape index (κ2) is 6.55. The monoisotopic (exact) mass is 273 g/mol. The number of likely N-dealkylation sites (tertiary alicyclic amines) is 1. The normalized spacial score (nSPS) is 21.1. The van der Waals surface area contributed by atoms with E-state index in [1.807, 2.05) is 20.8 Å². The first kappa shape index (κ1) is 15.5. The molecule has 0 aromatic rings. The molecule has 0 radical (unpaired) electrons. The molecule has 106 valence electrons. The largest absolute Gasteiger partial charge is 0.370 e. The number of hydrogen-bond donors (Lipinski definition) is 1. The zero-order chi connectivity index (χ0) is 13.8. The molecule has 1 atom stereocenters. The van der Waals surface area contributed by atoms with Crippen LogP contribution in [0.4, 0.5) is 0 Å². The zero-order valence-corrected chi connectivity index (χ0v) is 12.9. The Labute approximate surface area is 113 Å². The maximum atomic E-state index is 11.9. The summed E-state index contributed by atoms with van der Waals surface area (Å²) in [5, 5.41) is 0. The van der Waals surface area contributed by atoms with Gasteiger partial charge >= 0.3 is 0 Å². The highest BCUT2D eigenvalue weighted by molar-refractivity contribution is 7.86. The van der Waals surface area contributed by atoms with E-state index in [-0.39, 0.29) is 4.75 Å². The molecule has 0 aromatic carbocycles. The summed E-state index contributed by atoms with van der Waals surface area (Å²) >= 11 is 0. The summed E-state index contributed by atoms with van der Waals surface area (Å²) in [4.78, 5) is 6.49. The van der Waals surface area contributed by atoms with Crippen LogP contribution in [-0.2, 0) is 10.8 Å². The number of nitrogens with two attached hydrogens (primary N) is 1. The zero-order valence-electron chi connectivity index (χ0n) is 12.1. The number of hydrogen-bond acceptors (Lipinski definition) is 2. The average Bonchev–Trinajstić information content (AvgIpc) is 2.28. The molecule has 1 fully saturated rings. The van der Waals surface area contributed by atoms with Gasteiger partial charge < -0.3 is 10.6 Å². The van der Waals surface area contributed by atoms with E-state index in [2.05, 4.69) is 16.8 Å². The minimum Gasteiger partial charge on any atom is -0.370 e. The van der Waals surface area contributed by atoms with Crippen LogP contribution in [0, 0.1) is 5.92 Å². The standard InChI is InChI=1S/C13H27N3OS/c1-11-5-8-16(9-6-11)12(14)15-7-10-18(17)13(2,3)4/h11H,5-10H2,1-4H3,(H2,14,15). The van der Waals surface area contributed by atoms with Crippen molar-refractivity contribution in [2.45, 2.75) is 45.3 Å². The minimum absolute atomic E-state index is 0.162. The van der Waals surface area contributed by atoms with Crippen LogP contribution in [0.15, 0.2) is 4.99 Å². The van der Waals surface area contributed by atoms with Crippen molar-refractivity contribution in [3.63, 3.8) is 0 Å². The molecule has 1 heterocycles. The number of piperidine rings is 1. The van der Waals surface area contributed by atoms with Crippen LogP contribution >= 0.6 is 0 Å². The van der Waals surface area contributed by atoms with Gasteiger partial charge in [-0.15, -0.1) is 0 Å². The summed E-state index contributed by atoms with van der Waals surface area (Å²) in [6.07, 6.45) is 2.37. The van der Waals surface area contributed by atoms with Crippen LogP contribution in [0.2, 0.25) is 0 Å². The lowest BCUT2D eigenvalue weighted by molar-refractivity contribution is 0.278. The first-order valence-corrected chi connectivity index (χ1v) is 8.06. The van der Waals surface area contributed by atoms with Crippen molar-refractivity contribution < 1.29 is 4.21 Å². The molecule has 0 aromatic heterocycles. The van der Waals surface area contributed by atoms with Gasteiger partial charge in [0.1, 0.15) is 0 Å². The van der Waals surface area contributed by atoms with E-state index in [1.54, 1.807) is 0 Å². The highest BCUT2D eigenvalue weighted by Gasteiger charge is 2.19. The fourth-order valence-electron chi connectivity index (χ4n) is 1.89. The summed E-state index contributed by atoms with van der Waals surface area (Å²) in [5.74, 6) is 2.00. The van der Waals surface area contributed by atoms with Crippen LogP contribution < -0.4 is 5.73 Å². The molecule has 4 nitrogen and oxygen atoms in total. The molecule has 0 amide bonds. The SMILES string of the molecule is CC1CCN(C(N)=NCCS(=O)C(C)(C)C)CC1. The number of guanidine groups is 1. The van der Waals surface area contributed by atoms with Crippen molar-refractivity contribution in [1.29, 1.82) is 0 Å². The maximum Gasteiger partial charge on any atom is 0.191 e. The predicted molar refractivity (Wildman–Crippen MR) is 79.2 cm³/mol. The Bertz CT molecular complexity index is 315. The van der Waals surface area contributed by atoms with Crippen molar-refractivity contribution >= 4 is 16.8 Å². The third-order valence-electron chi connectivity index (χ3n) is 3.34. The molecule has 1 aliphatic heterocycles. The molecule has 5 heteroatoms. The topological polar surface area (TPSA) is 58.7 Å². The van der Waals surface area contributed by atoms with Crippen molar-refractivity contribution in [3.8, 4) is 0 Å². The van der Waals surface area contributed by atoms with E-state index in [9.17, 15) is 4.21 Å². The van der Waals surface area contributed by atoms with Gasteiger partial charge in [0.05, 0.1) is 6.54 Å². The molecule has 1 rings (SSSR count). The van der Waals surface area contributed by atoms with Gasteiger partial charge in [0.15, 0.2) is 5.96 Å². The van der Waals surface area contributed by atoms with Crippen LogP contribution in [0.25, 0.3) is 0 Å². The van der Waals surface area contributed by atoms with Crippen molar-refractivity contribution in [3.05, 3.63) is 0 Å². The summed E-state index contributed by atoms with van der Waals surface area (Å²) in [6, 6.07) is 0. The van der Waals surface area contributed by atoms with E-state index >= 15 is 0 Å². The van der Waals surface area contributed by atoms with Crippen LogP contribution in [0.5, 0.6) is 0 Å². The average molecular weight is 273 g/mol. The van der Waals surface area contributed by atoms with E-state index in [0.717, 1.165) is 19.0 Å². The van der Waals surface area contributed by atoms with Gasteiger partial charge in [-0.25, -0.2) is 0 Å². The molecule has 0 saturated carbocycles. The summed E-state index contributed by atoms with van der Waals surface area (Å²) in [5.41, 5.74) is 5.97. The van der Waals surface area contributed by atoms with Crippen molar-refractivity contribution in [1.82, 2.24) is 4.90 Å². The Morgan fingerprint density at radius 1 is 1.39 bits per heavy atom. The lowest BCUT2D eigenvalue weighted by atomic mass is 10.00. The van der Waals surface area contributed by atoms with Gasteiger partial charge in [0.2, 0.25) is 0 Å². The van der Waals surface area contributed by atoms with Crippen molar-refractivity contribution in [2.24, 2.45) is 16.6 Å². The quantitative estimate of drug-likeness (QED) is 0.627. The molecule has 1 saturated heterocycles. The Kier molecular flexibility index (Phi) is 5.63. The van der Waals surface area contributed by atoms with Gasteiger partial charge in [0.25, 0.3) is 0 Å². The number of rotatable bonds is 3. The van der Waals surface area contributed by atoms with Gasteiger partial charge in [-0.1, -0.05) is 6.92 Å². The van der Waals surface area contributed by atoms with Gasteiger partial charge in [-0.3, -0.25) is 9.20 Å². The van der Waals surface area contributed by atoms with E-state index in [0.29, 0.717) is 18.3 Å². The molecule has 18 heavy (non-hydrogen) atoms. The summed E-state index contributed by atoms with van der Waals surface area (Å²) < 4.78 is 11.7. The van der Waals surface area contributed by atoms with Gasteiger partial charge in [-0.05, 0) is 39.5 Å².